The normalized spacial score (nSPS) is 12.5. The standard InChI is InChI=1S/C14H18ClN3O6S/c1-7(2)11(12(19)18-14(16)21)24-13(20)8-4-5-9(15)10(6-8)25(22,23)17-3/h4-7,11,17H,1-3H3,(H3,16,18,19,21). The van der Waals surface area contributed by atoms with Crippen molar-refractivity contribution in [3.8, 4) is 0 Å². The number of urea groups is 1. The monoisotopic (exact) mass is 391 g/mol. The summed E-state index contributed by atoms with van der Waals surface area (Å²) in [6.45, 7) is 3.19. The molecule has 0 aliphatic rings. The van der Waals surface area contributed by atoms with Gasteiger partial charge in [0, 0.05) is 0 Å². The van der Waals surface area contributed by atoms with Crippen LogP contribution in [0.2, 0.25) is 5.02 Å². The third-order valence-corrected chi connectivity index (χ3v) is 4.97. The third kappa shape index (κ3) is 5.41. The van der Waals surface area contributed by atoms with Crippen LogP contribution in [0.15, 0.2) is 23.1 Å². The van der Waals surface area contributed by atoms with Crippen molar-refractivity contribution in [2.45, 2.75) is 24.8 Å². The first-order valence-corrected chi connectivity index (χ1v) is 8.90. The van der Waals surface area contributed by atoms with Crippen LogP contribution in [-0.4, -0.2) is 39.5 Å². The number of esters is 1. The van der Waals surface area contributed by atoms with Crippen molar-refractivity contribution < 1.29 is 27.5 Å². The Morgan fingerprint density at radius 2 is 1.84 bits per heavy atom. The lowest BCUT2D eigenvalue weighted by atomic mass is 10.1. The largest absolute Gasteiger partial charge is 0.448 e. The maximum Gasteiger partial charge on any atom is 0.338 e. The molecule has 138 valence electrons. The Balaban J connectivity index is 3.12. The number of primary amides is 1. The molecule has 1 aromatic carbocycles. The first-order chi connectivity index (χ1) is 11.5. The Kier molecular flexibility index (Phi) is 6.91. The molecule has 4 N–H and O–H groups in total. The number of nitrogens with one attached hydrogen (secondary N) is 2. The highest BCUT2D eigenvalue weighted by molar-refractivity contribution is 7.89. The molecule has 1 atom stereocenters. The zero-order chi connectivity index (χ0) is 19.4. The van der Waals surface area contributed by atoms with Crippen molar-refractivity contribution >= 4 is 39.5 Å². The first-order valence-electron chi connectivity index (χ1n) is 7.04. The summed E-state index contributed by atoms with van der Waals surface area (Å²) in [5.74, 6) is -2.30. The summed E-state index contributed by atoms with van der Waals surface area (Å²) in [7, 11) is -2.70. The molecule has 0 spiro atoms. The lowest BCUT2D eigenvalue weighted by molar-refractivity contribution is -0.130. The van der Waals surface area contributed by atoms with Crippen LogP contribution in [0.1, 0.15) is 24.2 Å². The van der Waals surface area contributed by atoms with Gasteiger partial charge in [-0.15, -0.1) is 0 Å². The minimum Gasteiger partial charge on any atom is -0.448 e. The van der Waals surface area contributed by atoms with Gasteiger partial charge in [0.05, 0.1) is 10.6 Å². The molecule has 3 amide bonds. The highest BCUT2D eigenvalue weighted by atomic mass is 35.5. The lowest BCUT2D eigenvalue weighted by Gasteiger charge is -2.20. The van der Waals surface area contributed by atoms with Gasteiger partial charge in [-0.25, -0.2) is 22.7 Å². The fraction of sp³-hybridized carbons (Fsp3) is 0.357. The van der Waals surface area contributed by atoms with Gasteiger partial charge in [-0.1, -0.05) is 25.4 Å². The van der Waals surface area contributed by atoms with E-state index in [0.717, 1.165) is 6.07 Å². The molecule has 1 unspecified atom stereocenters. The Bertz CT molecular complexity index is 794. The van der Waals surface area contributed by atoms with Gasteiger partial charge in [-0.05, 0) is 31.2 Å². The Hall–Kier alpha value is -2.17. The van der Waals surface area contributed by atoms with Crippen molar-refractivity contribution in [3.05, 3.63) is 28.8 Å². The average molecular weight is 392 g/mol. The van der Waals surface area contributed by atoms with Crippen LogP contribution in [0.25, 0.3) is 0 Å². The molecule has 0 radical (unpaired) electrons. The van der Waals surface area contributed by atoms with Crippen molar-refractivity contribution in [1.29, 1.82) is 0 Å². The molecule has 11 heteroatoms. The Morgan fingerprint density at radius 3 is 2.32 bits per heavy atom. The summed E-state index contributed by atoms with van der Waals surface area (Å²) in [6.07, 6.45) is -1.29. The zero-order valence-electron chi connectivity index (χ0n) is 13.7. The number of halogens is 1. The van der Waals surface area contributed by atoms with E-state index in [2.05, 4.69) is 4.72 Å². The fourth-order valence-corrected chi connectivity index (χ4v) is 3.06. The number of rotatable bonds is 6. The number of carbonyl (C=O) groups excluding carboxylic acids is 3. The third-order valence-electron chi connectivity index (χ3n) is 3.07. The van der Waals surface area contributed by atoms with E-state index in [1.165, 1.54) is 19.2 Å². The number of hydrogen-bond donors (Lipinski definition) is 3. The van der Waals surface area contributed by atoms with Crippen LogP contribution in [0.5, 0.6) is 0 Å². The fourth-order valence-electron chi connectivity index (χ4n) is 1.81. The maximum atomic E-state index is 12.3. The highest BCUT2D eigenvalue weighted by Gasteiger charge is 2.28. The van der Waals surface area contributed by atoms with Gasteiger partial charge in [0.25, 0.3) is 5.91 Å². The summed E-state index contributed by atoms with van der Waals surface area (Å²) in [4.78, 5) is 34.6. The molecular weight excluding hydrogens is 374 g/mol. The maximum absolute atomic E-state index is 12.3. The van der Waals surface area contributed by atoms with E-state index < -0.39 is 40.0 Å². The van der Waals surface area contributed by atoms with Gasteiger partial charge in [0.1, 0.15) is 4.90 Å². The van der Waals surface area contributed by atoms with E-state index >= 15 is 0 Å². The lowest BCUT2D eigenvalue weighted by Crippen LogP contribution is -2.45. The number of nitrogens with two attached hydrogens (primary N) is 1. The molecule has 0 bridgehead atoms. The minimum absolute atomic E-state index is 0.0854. The topological polar surface area (TPSA) is 145 Å². The Morgan fingerprint density at radius 1 is 1.24 bits per heavy atom. The van der Waals surface area contributed by atoms with E-state index in [9.17, 15) is 22.8 Å². The van der Waals surface area contributed by atoms with Crippen LogP contribution in [0, 0.1) is 5.92 Å². The second kappa shape index (κ2) is 8.28. The summed E-state index contributed by atoms with van der Waals surface area (Å²) < 4.78 is 31.0. The molecule has 0 aliphatic carbocycles. The SMILES string of the molecule is CNS(=O)(=O)c1cc(C(=O)OC(C(=O)NC(N)=O)C(C)C)ccc1Cl. The smallest absolute Gasteiger partial charge is 0.338 e. The van der Waals surface area contributed by atoms with Gasteiger partial charge < -0.3 is 10.5 Å². The number of benzene rings is 1. The van der Waals surface area contributed by atoms with Gasteiger partial charge in [-0.2, -0.15) is 0 Å². The number of sulfonamides is 1. The summed E-state index contributed by atoms with van der Waals surface area (Å²) >= 11 is 5.84. The highest BCUT2D eigenvalue weighted by Crippen LogP contribution is 2.23. The van der Waals surface area contributed by atoms with E-state index in [1.54, 1.807) is 13.8 Å². The quantitative estimate of drug-likeness (QED) is 0.606. The summed E-state index contributed by atoms with van der Waals surface area (Å²) in [5.41, 5.74) is 4.74. The van der Waals surface area contributed by atoms with E-state index in [1.807, 2.05) is 5.32 Å². The summed E-state index contributed by atoms with van der Waals surface area (Å²) in [5, 5.41) is 1.75. The van der Waals surface area contributed by atoms with E-state index in [-0.39, 0.29) is 15.5 Å². The molecule has 0 aromatic heterocycles. The number of amides is 3. The minimum atomic E-state index is -3.89. The van der Waals surface area contributed by atoms with E-state index in [0.29, 0.717) is 0 Å². The van der Waals surface area contributed by atoms with Crippen LogP contribution in [0.3, 0.4) is 0 Å². The van der Waals surface area contributed by atoms with Gasteiger partial charge in [0.15, 0.2) is 6.10 Å². The molecule has 0 heterocycles. The van der Waals surface area contributed by atoms with Crippen LogP contribution >= 0.6 is 11.6 Å². The molecule has 0 saturated heterocycles. The zero-order valence-corrected chi connectivity index (χ0v) is 15.3. The van der Waals surface area contributed by atoms with Crippen LogP contribution < -0.4 is 15.8 Å². The molecule has 0 fully saturated rings. The number of ether oxygens (including phenoxy) is 1. The molecule has 0 saturated carbocycles. The van der Waals surface area contributed by atoms with Crippen molar-refractivity contribution in [1.82, 2.24) is 10.0 Å². The predicted molar refractivity (Wildman–Crippen MR) is 89.5 cm³/mol. The second-order valence-electron chi connectivity index (χ2n) is 5.28. The number of carbonyl (C=O) groups is 3. The molecule has 1 aromatic rings. The molecule has 0 aliphatic heterocycles. The first kappa shape index (κ1) is 20.9. The van der Waals surface area contributed by atoms with Gasteiger partial charge >= 0.3 is 12.0 Å². The molecule has 9 nitrogen and oxygen atoms in total. The predicted octanol–water partition coefficient (Wildman–Crippen LogP) is 0.624. The summed E-state index contributed by atoms with van der Waals surface area (Å²) in [6, 6.07) is 2.42. The van der Waals surface area contributed by atoms with Crippen LogP contribution in [0.4, 0.5) is 4.79 Å². The molecule has 25 heavy (non-hydrogen) atoms. The van der Waals surface area contributed by atoms with Gasteiger partial charge in [0.2, 0.25) is 10.0 Å². The Labute approximate surface area is 149 Å². The molecular formula is C14H18ClN3O6S. The second-order valence-corrected chi connectivity index (χ2v) is 7.54. The van der Waals surface area contributed by atoms with Crippen molar-refractivity contribution in [3.63, 3.8) is 0 Å². The number of imide groups is 1. The van der Waals surface area contributed by atoms with Crippen LogP contribution in [-0.2, 0) is 19.6 Å². The van der Waals surface area contributed by atoms with Crippen molar-refractivity contribution in [2.75, 3.05) is 7.05 Å². The van der Waals surface area contributed by atoms with E-state index in [4.69, 9.17) is 22.1 Å². The van der Waals surface area contributed by atoms with Gasteiger partial charge in [-0.3, -0.25) is 10.1 Å². The van der Waals surface area contributed by atoms with Crippen molar-refractivity contribution in [2.24, 2.45) is 11.7 Å². The average Bonchev–Trinajstić information content (AvgIpc) is 2.51. The number of hydrogen-bond acceptors (Lipinski definition) is 6. The molecule has 1 rings (SSSR count).